The molecule has 0 N–H and O–H groups in total. The van der Waals surface area contributed by atoms with Crippen LogP contribution in [0, 0.1) is 0 Å². The Bertz CT molecular complexity index is 230. The minimum atomic E-state index is 0.323. The van der Waals surface area contributed by atoms with E-state index in [4.69, 9.17) is 0 Å². The Kier molecular flexibility index (Phi) is 16.0. The van der Waals surface area contributed by atoms with Gasteiger partial charge in [0.2, 0.25) is 0 Å². The maximum absolute atomic E-state index is 10.8. The molecule has 0 amide bonds. The summed E-state index contributed by atoms with van der Waals surface area (Å²) in [6.45, 7) is 3.95. The van der Waals surface area contributed by atoms with Crippen molar-refractivity contribution < 1.29 is 4.79 Å². The van der Waals surface area contributed by atoms with Gasteiger partial charge in [-0.15, -0.1) is 0 Å². The van der Waals surface area contributed by atoms with E-state index < -0.39 is 0 Å². The van der Waals surface area contributed by atoms with Gasteiger partial charge in [-0.3, -0.25) is 0 Å². The normalized spacial score (nSPS) is 11.3. The second-order valence-corrected chi connectivity index (χ2v) is 6.04. The average Bonchev–Trinajstić information content (AvgIpc) is 2.43. The molecule has 0 fully saturated rings. The molecule has 0 saturated heterocycles. The molecule has 0 aliphatic heterocycles. The van der Waals surface area contributed by atoms with Crippen LogP contribution in [0.25, 0.3) is 0 Å². The molecule has 0 spiro atoms. The molecular weight excluding hydrogens is 244 g/mol. The van der Waals surface area contributed by atoms with E-state index in [2.05, 4.69) is 19.1 Å². The highest BCUT2D eigenvalue weighted by Crippen LogP contribution is 2.11. The lowest BCUT2D eigenvalue weighted by Crippen LogP contribution is -1.88. The highest BCUT2D eigenvalue weighted by molar-refractivity contribution is 5.75. The Morgan fingerprint density at radius 2 is 1.15 bits per heavy atom. The van der Waals surface area contributed by atoms with Crippen molar-refractivity contribution in [3.63, 3.8) is 0 Å². The Balaban J connectivity index is 3.06. The number of unbranched alkanes of at least 4 members (excludes halogenated alkanes) is 11. The van der Waals surface area contributed by atoms with Gasteiger partial charge >= 0.3 is 0 Å². The van der Waals surface area contributed by atoms with Crippen LogP contribution in [-0.2, 0) is 4.79 Å². The zero-order chi connectivity index (χ0) is 14.9. The Hall–Kier alpha value is -0.590. The second kappa shape index (κ2) is 16.5. The summed E-state index contributed by atoms with van der Waals surface area (Å²) in [6, 6.07) is 0. The maximum Gasteiger partial charge on any atom is 0.129 e. The topological polar surface area (TPSA) is 17.1 Å². The molecule has 0 unspecified atom stereocenters. The molecule has 0 radical (unpaired) electrons. The Morgan fingerprint density at radius 3 is 1.65 bits per heavy atom. The second-order valence-electron chi connectivity index (χ2n) is 6.04. The summed E-state index contributed by atoms with van der Waals surface area (Å²) >= 11 is 0. The lowest BCUT2D eigenvalue weighted by atomic mass is 10.1. The molecule has 0 rings (SSSR count). The zero-order valence-corrected chi connectivity index (χ0v) is 14.0. The van der Waals surface area contributed by atoms with E-state index in [0.717, 1.165) is 25.7 Å². The van der Waals surface area contributed by atoms with Gasteiger partial charge in [-0.25, -0.2) is 0 Å². The lowest BCUT2D eigenvalue weighted by molar-refractivity contribution is -0.117. The van der Waals surface area contributed by atoms with Gasteiger partial charge in [0.1, 0.15) is 5.78 Å². The number of ketones is 1. The van der Waals surface area contributed by atoms with E-state index >= 15 is 0 Å². The van der Waals surface area contributed by atoms with Crippen molar-refractivity contribution >= 4 is 5.78 Å². The van der Waals surface area contributed by atoms with Crippen molar-refractivity contribution in [2.45, 2.75) is 104 Å². The van der Waals surface area contributed by atoms with Crippen molar-refractivity contribution in [2.24, 2.45) is 0 Å². The largest absolute Gasteiger partial charge is 0.300 e. The first kappa shape index (κ1) is 19.4. The fourth-order valence-corrected chi connectivity index (χ4v) is 2.44. The summed E-state index contributed by atoms with van der Waals surface area (Å²) in [7, 11) is 0. The van der Waals surface area contributed by atoms with Crippen LogP contribution in [0.4, 0.5) is 0 Å². The van der Waals surface area contributed by atoms with Gasteiger partial charge < -0.3 is 4.79 Å². The maximum atomic E-state index is 10.8. The van der Waals surface area contributed by atoms with Crippen LogP contribution < -0.4 is 0 Å². The molecule has 20 heavy (non-hydrogen) atoms. The molecule has 1 heteroatoms. The fourth-order valence-electron chi connectivity index (χ4n) is 2.44. The number of rotatable bonds is 15. The third-order valence-corrected chi connectivity index (χ3v) is 3.79. The van der Waals surface area contributed by atoms with Gasteiger partial charge in [0, 0.05) is 6.42 Å². The number of carbonyl (C=O) groups excluding carboxylic acids is 1. The van der Waals surface area contributed by atoms with E-state index in [0.29, 0.717) is 5.78 Å². The Morgan fingerprint density at radius 1 is 0.700 bits per heavy atom. The summed E-state index contributed by atoms with van der Waals surface area (Å²) in [4.78, 5) is 10.8. The zero-order valence-electron chi connectivity index (χ0n) is 14.0. The Labute approximate surface area is 127 Å². The lowest BCUT2D eigenvalue weighted by Gasteiger charge is -2.00. The molecule has 0 aromatic heterocycles. The van der Waals surface area contributed by atoms with Crippen molar-refractivity contribution in [3.05, 3.63) is 12.2 Å². The standard InChI is InChI=1S/C19H36O/c1-3-4-5-6-7-8-9-10-11-12-13-14-15-16-17-18-19(2)20/h13-14H,3-12,15-18H2,1-2H3/b14-13+. The smallest absolute Gasteiger partial charge is 0.129 e. The molecule has 1 nitrogen and oxygen atoms in total. The highest BCUT2D eigenvalue weighted by atomic mass is 16.1. The molecule has 0 heterocycles. The minimum Gasteiger partial charge on any atom is -0.300 e. The van der Waals surface area contributed by atoms with Crippen LogP contribution in [0.2, 0.25) is 0 Å². The summed E-state index contributed by atoms with van der Waals surface area (Å²) in [5.41, 5.74) is 0. The van der Waals surface area contributed by atoms with Crippen LogP contribution >= 0.6 is 0 Å². The van der Waals surface area contributed by atoms with Gasteiger partial charge in [-0.05, 0) is 39.0 Å². The van der Waals surface area contributed by atoms with Crippen molar-refractivity contribution in [3.8, 4) is 0 Å². The van der Waals surface area contributed by atoms with Crippen LogP contribution in [0.1, 0.15) is 104 Å². The van der Waals surface area contributed by atoms with Gasteiger partial charge in [0.15, 0.2) is 0 Å². The number of hydrogen-bond donors (Lipinski definition) is 0. The fraction of sp³-hybridized carbons (Fsp3) is 0.842. The molecule has 0 aromatic carbocycles. The summed E-state index contributed by atoms with van der Waals surface area (Å²) < 4.78 is 0. The van der Waals surface area contributed by atoms with E-state index in [1.165, 1.54) is 64.2 Å². The van der Waals surface area contributed by atoms with E-state index in [-0.39, 0.29) is 0 Å². The monoisotopic (exact) mass is 280 g/mol. The number of allylic oxidation sites excluding steroid dienone is 2. The highest BCUT2D eigenvalue weighted by Gasteiger charge is 1.92. The third kappa shape index (κ3) is 17.4. The van der Waals surface area contributed by atoms with Crippen LogP contribution in [-0.4, -0.2) is 5.78 Å². The van der Waals surface area contributed by atoms with Gasteiger partial charge in [0.05, 0.1) is 0 Å². The quantitative estimate of drug-likeness (QED) is 0.243. The predicted molar refractivity (Wildman–Crippen MR) is 90.1 cm³/mol. The molecule has 0 atom stereocenters. The molecule has 0 saturated carbocycles. The SMILES string of the molecule is CCCCCCCCCCC/C=C/CCCCC(C)=O. The average molecular weight is 280 g/mol. The first-order valence-corrected chi connectivity index (χ1v) is 8.91. The third-order valence-electron chi connectivity index (χ3n) is 3.79. The van der Waals surface area contributed by atoms with Gasteiger partial charge in [-0.1, -0.05) is 70.4 Å². The number of carbonyl (C=O) groups is 1. The first-order valence-electron chi connectivity index (χ1n) is 8.91. The summed E-state index contributed by atoms with van der Waals surface area (Å²) in [5, 5.41) is 0. The van der Waals surface area contributed by atoms with Crippen LogP contribution in [0.15, 0.2) is 12.2 Å². The van der Waals surface area contributed by atoms with Gasteiger partial charge in [-0.2, -0.15) is 0 Å². The molecule has 0 aliphatic rings. The minimum absolute atomic E-state index is 0.323. The summed E-state index contributed by atoms with van der Waals surface area (Å²) in [5.74, 6) is 0.323. The van der Waals surface area contributed by atoms with E-state index in [9.17, 15) is 4.79 Å². The molecule has 0 bridgehead atoms. The van der Waals surface area contributed by atoms with Crippen molar-refractivity contribution in [2.75, 3.05) is 0 Å². The summed E-state index contributed by atoms with van der Waals surface area (Å²) in [6.07, 6.45) is 22.6. The first-order chi connectivity index (χ1) is 9.77. The number of hydrogen-bond acceptors (Lipinski definition) is 1. The van der Waals surface area contributed by atoms with E-state index in [1.54, 1.807) is 6.92 Å². The van der Waals surface area contributed by atoms with E-state index in [1.807, 2.05) is 0 Å². The predicted octanol–water partition coefficient (Wildman–Crippen LogP) is 6.61. The number of Topliss-reactive ketones (excluding diaryl/α,β-unsaturated/α-hetero) is 1. The molecule has 0 aromatic rings. The molecule has 0 aliphatic carbocycles. The van der Waals surface area contributed by atoms with Crippen molar-refractivity contribution in [1.29, 1.82) is 0 Å². The van der Waals surface area contributed by atoms with Crippen LogP contribution in [0.3, 0.4) is 0 Å². The van der Waals surface area contributed by atoms with Gasteiger partial charge in [0.25, 0.3) is 0 Å². The molecular formula is C19H36O. The van der Waals surface area contributed by atoms with Crippen molar-refractivity contribution in [1.82, 2.24) is 0 Å². The molecule has 118 valence electrons. The van der Waals surface area contributed by atoms with Crippen LogP contribution in [0.5, 0.6) is 0 Å².